The molecule has 1 aromatic carbocycles. The van der Waals surface area contributed by atoms with Gasteiger partial charge in [-0.1, -0.05) is 29.8 Å². The lowest BCUT2D eigenvalue weighted by atomic mass is 9.96. The molecule has 1 aromatic heterocycles. The van der Waals surface area contributed by atoms with E-state index in [0.717, 1.165) is 16.4 Å². The van der Waals surface area contributed by atoms with Crippen LogP contribution >= 0.6 is 0 Å². The summed E-state index contributed by atoms with van der Waals surface area (Å²) in [6, 6.07) is 6.76. The molecule has 0 fully saturated rings. The van der Waals surface area contributed by atoms with Gasteiger partial charge in [0, 0.05) is 20.0 Å². The standard InChI is InChI=1S/C19H20F3N5O/c1-12-4-6-13(7-5-12)15-10-16(19(20,21)22)27-17(25-15)14(11-24-27)18(28)26(2)9-3-8-23/h4-7,11,15-16,25H,3,9-10H2,1-2H3/t15-,16+/m1/s1. The van der Waals surface area contributed by atoms with Crippen LogP contribution in [0.2, 0.25) is 0 Å². The third kappa shape index (κ3) is 3.81. The molecule has 148 valence electrons. The number of amides is 1. The van der Waals surface area contributed by atoms with E-state index in [1.807, 2.05) is 25.1 Å². The van der Waals surface area contributed by atoms with Gasteiger partial charge in [0.05, 0.1) is 24.7 Å². The van der Waals surface area contributed by atoms with Gasteiger partial charge in [0.1, 0.15) is 11.4 Å². The Morgan fingerprint density at radius 3 is 2.68 bits per heavy atom. The molecule has 0 saturated heterocycles. The van der Waals surface area contributed by atoms with Gasteiger partial charge in [-0.15, -0.1) is 0 Å². The molecule has 0 aliphatic carbocycles. The summed E-state index contributed by atoms with van der Waals surface area (Å²) in [5, 5.41) is 15.6. The van der Waals surface area contributed by atoms with Crippen LogP contribution in [0.25, 0.3) is 0 Å². The number of fused-ring (bicyclic) bond motifs is 1. The second-order valence-electron chi connectivity index (χ2n) is 6.89. The van der Waals surface area contributed by atoms with E-state index < -0.39 is 24.2 Å². The number of anilines is 1. The number of nitriles is 1. The van der Waals surface area contributed by atoms with Crippen LogP contribution in [0.4, 0.5) is 19.0 Å². The number of nitrogens with one attached hydrogen (secondary N) is 1. The largest absolute Gasteiger partial charge is 0.410 e. The average Bonchev–Trinajstić information content (AvgIpc) is 3.08. The number of aromatic nitrogens is 2. The molecule has 0 radical (unpaired) electrons. The van der Waals surface area contributed by atoms with Crippen molar-refractivity contribution in [2.24, 2.45) is 0 Å². The Bertz CT molecular complexity index is 898. The van der Waals surface area contributed by atoms with E-state index in [0.29, 0.717) is 5.56 Å². The van der Waals surface area contributed by atoms with Crippen LogP contribution in [0.1, 0.15) is 46.4 Å². The number of hydrogen-bond donors (Lipinski definition) is 1. The van der Waals surface area contributed by atoms with E-state index in [1.54, 1.807) is 12.1 Å². The number of benzene rings is 1. The summed E-state index contributed by atoms with van der Waals surface area (Å²) in [4.78, 5) is 14.0. The molecule has 0 saturated carbocycles. The minimum Gasteiger partial charge on any atom is -0.363 e. The highest BCUT2D eigenvalue weighted by atomic mass is 19.4. The Morgan fingerprint density at radius 1 is 1.39 bits per heavy atom. The summed E-state index contributed by atoms with van der Waals surface area (Å²) >= 11 is 0. The van der Waals surface area contributed by atoms with Crippen molar-refractivity contribution >= 4 is 11.7 Å². The summed E-state index contributed by atoms with van der Waals surface area (Å²) in [5.41, 5.74) is 1.78. The maximum Gasteiger partial charge on any atom is 0.410 e. The molecule has 6 nitrogen and oxygen atoms in total. The Kier molecular flexibility index (Phi) is 5.31. The van der Waals surface area contributed by atoms with E-state index >= 15 is 0 Å². The molecule has 1 aliphatic heterocycles. The van der Waals surface area contributed by atoms with Gasteiger partial charge < -0.3 is 10.2 Å². The van der Waals surface area contributed by atoms with Gasteiger partial charge in [0.2, 0.25) is 0 Å². The van der Waals surface area contributed by atoms with Crippen LogP contribution in [-0.2, 0) is 0 Å². The second-order valence-corrected chi connectivity index (χ2v) is 6.89. The first kappa shape index (κ1) is 19.7. The van der Waals surface area contributed by atoms with Crippen LogP contribution in [0, 0.1) is 18.3 Å². The molecule has 28 heavy (non-hydrogen) atoms. The molecule has 2 heterocycles. The summed E-state index contributed by atoms with van der Waals surface area (Å²) in [7, 11) is 1.51. The number of halogens is 3. The maximum atomic E-state index is 13.7. The van der Waals surface area contributed by atoms with Crippen LogP contribution in [0.3, 0.4) is 0 Å². The summed E-state index contributed by atoms with van der Waals surface area (Å²) in [6.07, 6.45) is -3.43. The van der Waals surface area contributed by atoms with Crippen molar-refractivity contribution in [3.63, 3.8) is 0 Å². The molecular weight excluding hydrogens is 371 g/mol. The summed E-state index contributed by atoms with van der Waals surface area (Å²) in [6.45, 7) is 2.09. The van der Waals surface area contributed by atoms with Gasteiger partial charge in [-0.2, -0.15) is 23.5 Å². The lowest BCUT2D eigenvalue weighted by Crippen LogP contribution is -2.36. The van der Waals surface area contributed by atoms with Crippen molar-refractivity contribution < 1.29 is 18.0 Å². The zero-order chi connectivity index (χ0) is 20.5. The molecule has 1 N–H and O–H groups in total. The van der Waals surface area contributed by atoms with Gasteiger partial charge >= 0.3 is 6.18 Å². The predicted octanol–water partition coefficient (Wildman–Crippen LogP) is 3.84. The maximum absolute atomic E-state index is 13.7. The van der Waals surface area contributed by atoms with Crippen LogP contribution in [-0.4, -0.2) is 40.4 Å². The van der Waals surface area contributed by atoms with Gasteiger partial charge in [0.15, 0.2) is 6.04 Å². The third-order valence-electron chi connectivity index (χ3n) is 4.85. The highest BCUT2D eigenvalue weighted by Gasteiger charge is 2.47. The first-order valence-corrected chi connectivity index (χ1v) is 8.82. The van der Waals surface area contributed by atoms with Crippen molar-refractivity contribution in [2.45, 2.75) is 38.0 Å². The highest BCUT2D eigenvalue weighted by Crippen LogP contribution is 2.44. The number of rotatable bonds is 4. The molecule has 2 atom stereocenters. The first-order valence-electron chi connectivity index (χ1n) is 8.82. The zero-order valence-corrected chi connectivity index (χ0v) is 15.5. The number of aryl methyl sites for hydroxylation is 1. The smallest absolute Gasteiger partial charge is 0.363 e. The molecule has 1 aliphatic rings. The normalized spacial score (nSPS) is 18.7. The lowest BCUT2D eigenvalue weighted by Gasteiger charge is -2.34. The molecular formula is C19H20F3N5O. The van der Waals surface area contributed by atoms with Crippen molar-refractivity contribution in [1.82, 2.24) is 14.7 Å². The number of carbonyl (C=O) groups excluding carboxylic acids is 1. The monoisotopic (exact) mass is 391 g/mol. The fourth-order valence-electron chi connectivity index (χ4n) is 3.26. The van der Waals surface area contributed by atoms with E-state index in [9.17, 15) is 18.0 Å². The van der Waals surface area contributed by atoms with Crippen molar-refractivity contribution in [3.05, 3.63) is 47.2 Å². The Labute approximate surface area is 160 Å². The van der Waals surface area contributed by atoms with Crippen molar-refractivity contribution in [2.75, 3.05) is 18.9 Å². The third-order valence-corrected chi connectivity index (χ3v) is 4.85. The fourth-order valence-corrected chi connectivity index (χ4v) is 3.26. The van der Waals surface area contributed by atoms with Gasteiger partial charge in [-0.25, -0.2) is 4.68 Å². The quantitative estimate of drug-likeness (QED) is 0.860. The molecule has 2 aromatic rings. The number of alkyl halides is 3. The zero-order valence-electron chi connectivity index (χ0n) is 15.5. The Morgan fingerprint density at radius 2 is 2.07 bits per heavy atom. The average molecular weight is 391 g/mol. The summed E-state index contributed by atoms with van der Waals surface area (Å²) in [5.74, 6) is -0.428. The van der Waals surface area contributed by atoms with E-state index in [4.69, 9.17) is 5.26 Å². The first-order chi connectivity index (χ1) is 13.2. The SMILES string of the molecule is Cc1ccc([C@H]2C[C@@H](C(F)(F)F)n3ncc(C(=O)N(C)CCC#N)c3N2)cc1. The molecule has 0 unspecified atom stereocenters. The van der Waals surface area contributed by atoms with Crippen molar-refractivity contribution in [1.29, 1.82) is 5.26 Å². The Hall–Kier alpha value is -3.02. The molecule has 9 heteroatoms. The topological polar surface area (TPSA) is 74.0 Å². The number of hydrogen-bond acceptors (Lipinski definition) is 4. The lowest BCUT2D eigenvalue weighted by molar-refractivity contribution is -0.173. The molecule has 3 rings (SSSR count). The van der Waals surface area contributed by atoms with Crippen LogP contribution in [0.5, 0.6) is 0 Å². The summed E-state index contributed by atoms with van der Waals surface area (Å²) < 4.78 is 41.9. The van der Waals surface area contributed by atoms with E-state index in [-0.39, 0.29) is 30.8 Å². The van der Waals surface area contributed by atoms with Crippen LogP contribution < -0.4 is 5.32 Å². The Balaban J connectivity index is 1.98. The number of nitrogens with zero attached hydrogens (tertiary/aromatic N) is 4. The minimum absolute atomic E-state index is 0.0490. The van der Waals surface area contributed by atoms with Gasteiger partial charge in [-0.3, -0.25) is 4.79 Å². The van der Waals surface area contributed by atoms with Crippen LogP contribution in [0.15, 0.2) is 30.5 Å². The van der Waals surface area contributed by atoms with E-state index in [1.165, 1.54) is 11.9 Å². The second kappa shape index (κ2) is 7.54. The fraction of sp³-hybridized carbons (Fsp3) is 0.421. The molecule has 0 spiro atoms. The predicted molar refractivity (Wildman–Crippen MR) is 96.7 cm³/mol. The van der Waals surface area contributed by atoms with E-state index in [2.05, 4.69) is 10.4 Å². The molecule has 1 amide bonds. The molecule has 0 bridgehead atoms. The van der Waals surface area contributed by atoms with Gasteiger partial charge in [-0.05, 0) is 12.5 Å². The highest BCUT2D eigenvalue weighted by molar-refractivity contribution is 5.98. The van der Waals surface area contributed by atoms with Crippen molar-refractivity contribution in [3.8, 4) is 6.07 Å². The van der Waals surface area contributed by atoms with Gasteiger partial charge in [0.25, 0.3) is 5.91 Å². The number of carbonyl (C=O) groups is 1. The minimum atomic E-state index is -4.50.